The molecule has 0 bridgehead atoms. The molecule has 7 heteroatoms. The van der Waals surface area contributed by atoms with Crippen molar-refractivity contribution in [3.05, 3.63) is 72.8 Å². The first-order valence-electron chi connectivity index (χ1n) is 8.56. The lowest BCUT2D eigenvalue weighted by molar-refractivity contribution is 0.233. The van der Waals surface area contributed by atoms with E-state index in [2.05, 4.69) is 15.6 Å². The Morgan fingerprint density at radius 3 is 2.67 bits per heavy atom. The van der Waals surface area contributed by atoms with Gasteiger partial charge in [-0.25, -0.2) is 9.78 Å². The number of hydrogen-bond acceptors (Lipinski definition) is 5. The molecule has 0 aliphatic rings. The molecular formula is C20H22N4O3. The number of urea groups is 1. The monoisotopic (exact) mass is 366 g/mol. The van der Waals surface area contributed by atoms with E-state index < -0.39 is 0 Å². The molecule has 1 atom stereocenters. The molecule has 0 saturated carbocycles. The maximum Gasteiger partial charge on any atom is 0.319 e. The zero-order chi connectivity index (χ0) is 19.1. The number of anilines is 1. The van der Waals surface area contributed by atoms with E-state index in [9.17, 15) is 4.79 Å². The zero-order valence-corrected chi connectivity index (χ0v) is 15.3. The molecule has 0 unspecified atom stereocenters. The number of pyridine rings is 1. The summed E-state index contributed by atoms with van der Waals surface area (Å²) in [6.07, 6.45) is 3.23. The highest BCUT2D eigenvalue weighted by Crippen LogP contribution is 2.26. The van der Waals surface area contributed by atoms with Gasteiger partial charge in [-0.2, -0.15) is 0 Å². The molecule has 0 spiro atoms. The van der Waals surface area contributed by atoms with E-state index in [0.29, 0.717) is 23.9 Å². The first-order valence-corrected chi connectivity index (χ1v) is 8.56. The molecule has 7 nitrogen and oxygen atoms in total. The topological polar surface area (TPSA) is 79.6 Å². The Bertz CT molecular complexity index is 851. The highest BCUT2D eigenvalue weighted by Gasteiger charge is 2.18. The van der Waals surface area contributed by atoms with Gasteiger partial charge in [-0.05, 0) is 50.5 Å². The number of likely N-dealkylation sites (N-methyl/N-ethyl adjacent to an activating group) is 1. The number of ether oxygens (including phenoxy) is 1. The number of benzene rings is 1. The number of aromatic nitrogens is 1. The van der Waals surface area contributed by atoms with Crippen LogP contribution in [0.4, 0.5) is 10.5 Å². The van der Waals surface area contributed by atoms with Crippen LogP contribution in [-0.2, 0) is 0 Å². The van der Waals surface area contributed by atoms with Gasteiger partial charge >= 0.3 is 6.03 Å². The Balaban J connectivity index is 1.62. The first kappa shape index (κ1) is 18.5. The Morgan fingerprint density at radius 1 is 1.15 bits per heavy atom. The van der Waals surface area contributed by atoms with Gasteiger partial charge in [-0.1, -0.05) is 18.2 Å². The molecular weight excluding hydrogens is 344 g/mol. The third-order valence-corrected chi connectivity index (χ3v) is 3.93. The number of furan rings is 1. The SMILES string of the molecule is CN(C)[C@@H](CNC(=O)Nc1cccnc1Oc1ccccc1)c1ccco1. The van der Waals surface area contributed by atoms with Crippen molar-refractivity contribution >= 4 is 11.7 Å². The first-order chi connectivity index (χ1) is 13.1. The molecule has 2 heterocycles. The predicted molar refractivity (Wildman–Crippen MR) is 103 cm³/mol. The second-order valence-electron chi connectivity index (χ2n) is 6.10. The van der Waals surface area contributed by atoms with Gasteiger partial charge in [0.15, 0.2) is 0 Å². The van der Waals surface area contributed by atoms with Gasteiger partial charge in [0.05, 0.1) is 12.3 Å². The lowest BCUT2D eigenvalue weighted by Crippen LogP contribution is -2.36. The minimum absolute atomic E-state index is 0.0697. The van der Waals surface area contributed by atoms with Crippen molar-refractivity contribution in [2.45, 2.75) is 6.04 Å². The van der Waals surface area contributed by atoms with Crippen LogP contribution < -0.4 is 15.4 Å². The van der Waals surface area contributed by atoms with E-state index in [-0.39, 0.29) is 12.1 Å². The van der Waals surface area contributed by atoms with E-state index in [1.54, 1.807) is 24.6 Å². The summed E-state index contributed by atoms with van der Waals surface area (Å²) in [5.41, 5.74) is 0.484. The molecule has 3 rings (SSSR count). The van der Waals surface area contributed by atoms with E-state index in [1.165, 1.54) is 0 Å². The van der Waals surface area contributed by atoms with Gasteiger partial charge < -0.3 is 19.8 Å². The quantitative estimate of drug-likeness (QED) is 0.663. The predicted octanol–water partition coefficient (Wildman–Crippen LogP) is 3.89. The molecule has 3 aromatic rings. The number of hydrogen-bond donors (Lipinski definition) is 2. The van der Waals surface area contributed by atoms with Crippen molar-refractivity contribution in [3.63, 3.8) is 0 Å². The zero-order valence-electron chi connectivity index (χ0n) is 15.3. The Morgan fingerprint density at radius 2 is 1.96 bits per heavy atom. The summed E-state index contributed by atoms with van der Waals surface area (Å²) >= 11 is 0. The fourth-order valence-electron chi connectivity index (χ4n) is 2.54. The molecule has 2 amide bonds. The molecule has 0 radical (unpaired) electrons. The minimum Gasteiger partial charge on any atom is -0.468 e. The second-order valence-corrected chi connectivity index (χ2v) is 6.10. The van der Waals surface area contributed by atoms with Gasteiger partial charge in [-0.15, -0.1) is 0 Å². The van der Waals surface area contributed by atoms with Gasteiger partial charge in [0.2, 0.25) is 5.88 Å². The molecule has 0 saturated heterocycles. The van der Waals surface area contributed by atoms with Crippen LogP contribution in [0.25, 0.3) is 0 Å². The third kappa shape index (κ3) is 5.08. The fraction of sp³-hybridized carbons (Fsp3) is 0.200. The normalized spacial score (nSPS) is 11.8. The molecule has 27 heavy (non-hydrogen) atoms. The lowest BCUT2D eigenvalue weighted by Gasteiger charge is -2.22. The second kappa shape index (κ2) is 8.86. The van der Waals surface area contributed by atoms with Crippen molar-refractivity contribution in [2.75, 3.05) is 26.0 Å². The Labute approximate surface area is 158 Å². The van der Waals surface area contributed by atoms with Crippen LogP contribution in [0.2, 0.25) is 0 Å². The van der Waals surface area contributed by atoms with Crippen molar-refractivity contribution in [2.24, 2.45) is 0 Å². The maximum absolute atomic E-state index is 12.4. The molecule has 140 valence electrons. The fourth-order valence-corrected chi connectivity index (χ4v) is 2.54. The van der Waals surface area contributed by atoms with E-state index in [1.807, 2.05) is 61.5 Å². The van der Waals surface area contributed by atoms with Crippen LogP contribution in [0.15, 0.2) is 71.5 Å². The minimum atomic E-state index is -0.348. The lowest BCUT2D eigenvalue weighted by atomic mass is 10.2. The summed E-state index contributed by atoms with van der Waals surface area (Å²) in [6.45, 7) is 0.390. The van der Waals surface area contributed by atoms with Gasteiger partial charge in [-0.3, -0.25) is 4.90 Å². The largest absolute Gasteiger partial charge is 0.468 e. The summed E-state index contributed by atoms with van der Waals surface area (Å²) in [7, 11) is 3.86. The van der Waals surface area contributed by atoms with E-state index in [0.717, 1.165) is 5.76 Å². The Hall–Kier alpha value is -3.32. The molecule has 0 aliphatic carbocycles. The summed E-state index contributed by atoms with van der Waals surface area (Å²) in [6, 6.07) is 16.1. The van der Waals surface area contributed by atoms with Crippen molar-refractivity contribution < 1.29 is 13.9 Å². The molecule has 0 fully saturated rings. The van der Waals surface area contributed by atoms with Crippen molar-refractivity contribution in [1.29, 1.82) is 0 Å². The van der Waals surface area contributed by atoms with E-state index >= 15 is 0 Å². The highest BCUT2D eigenvalue weighted by molar-refractivity contribution is 5.90. The number of carbonyl (C=O) groups is 1. The van der Waals surface area contributed by atoms with Crippen molar-refractivity contribution in [3.8, 4) is 11.6 Å². The average molecular weight is 366 g/mol. The van der Waals surface area contributed by atoms with Gasteiger partial charge in [0, 0.05) is 12.7 Å². The smallest absolute Gasteiger partial charge is 0.319 e. The highest BCUT2D eigenvalue weighted by atomic mass is 16.5. The van der Waals surface area contributed by atoms with Crippen molar-refractivity contribution in [1.82, 2.24) is 15.2 Å². The average Bonchev–Trinajstić information content (AvgIpc) is 3.18. The number of nitrogens with zero attached hydrogens (tertiary/aromatic N) is 2. The van der Waals surface area contributed by atoms with Crippen LogP contribution in [0, 0.1) is 0 Å². The standard InChI is InChI=1S/C20H22N4O3/c1-24(2)17(18-11-7-13-26-18)14-22-20(25)23-16-10-6-12-21-19(16)27-15-8-4-3-5-9-15/h3-13,17H,14H2,1-2H3,(H2,22,23,25)/t17-/m0/s1. The molecule has 0 aliphatic heterocycles. The van der Waals surface area contributed by atoms with Crippen LogP contribution >= 0.6 is 0 Å². The third-order valence-electron chi connectivity index (χ3n) is 3.93. The Kier molecular flexibility index (Phi) is 6.06. The molecule has 1 aromatic carbocycles. The van der Waals surface area contributed by atoms with Crippen LogP contribution in [-0.4, -0.2) is 36.6 Å². The van der Waals surface area contributed by atoms with E-state index in [4.69, 9.17) is 9.15 Å². The number of carbonyl (C=O) groups excluding carboxylic acids is 1. The van der Waals surface area contributed by atoms with Crippen LogP contribution in [0.1, 0.15) is 11.8 Å². The number of para-hydroxylation sites is 1. The summed E-state index contributed by atoms with van der Waals surface area (Å²) in [5, 5.41) is 5.64. The maximum atomic E-state index is 12.4. The summed E-state index contributed by atoms with van der Waals surface area (Å²) < 4.78 is 11.2. The number of nitrogens with one attached hydrogen (secondary N) is 2. The molecule has 2 aromatic heterocycles. The molecule has 2 N–H and O–H groups in total. The number of amides is 2. The van der Waals surface area contributed by atoms with Crippen LogP contribution in [0.5, 0.6) is 11.6 Å². The van der Waals surface area contributed by atoms with Crippen LogP contribution in [0.3, 0.4) is 0 Å². The van der Waals surface area contributed by atoms with Gasteiger partial charge in [0.25, 0.3) is 0 Å². The summed E-state index contributed by atoms with van der Waals surface area (Å²) in [4.78, 5) is 18.5. The summed E-state index contributed by atoms with van der Waals surface area (Å²) in [5.74, 6) is 1.76. The number of rotatable bonds is 7. The van der Waals surface area contributed by atoms with Gasteiger partial charge in [0.1, 0.15) is 17.2 Å².